The molecule has 0 spiro atoms. The van der Waals surface area contributed by atoms with E-state index in [1.165, 1.54) is 28.8 Å². The lowest BCUT2D eigenvalue weighted by molar-refractivity contribution is 0.232. The lowest BCUT2D eigenvalue weighted by atomic mass is 9.94. The van der Waals surface area contributed by atoms with E-state index in [1.807, 2.05) is 12.1 Å². The van der Waals surface area contributed by atoms with Crippen LogP contribution in [0.1, 0.15) is 55.6 Å². The van der Waals surface area contributed by atoms with Crippen molar-refractivity contribution in [1.29, 1.82) is 0 Å². The molecule has 0 aliphatic heterocycles. The summed E-state index contributed by atoms with van der Waals surface area (Å²) in [5.74, 6) is 0.680. The Morgan fingerprint density at radius 3 is 2.16 bits per heavy atom. The van der Waals surface area contributed by atoms with Gasteiger partial charge in [0.1, 0.15) is 11.6 Å². The van der Waals surface area contributed by atoms with E-state index in [0.717, 1.165) is 47.7 Å². The van der Waals surface area contributed by atoms with Crippen LogP contribution in [0.4, 0.5) is 4.39 Å². The minimum atomic E-state index is -0.210. The summed E-state index contributed by atoms with van der Waals surface area (Å²) in [7, 11) is 2.07. The van der Waals surface area contributed by atoms with Gasteiger partial charge < -0.3 is 4.74 Å². The molecule has 170 valence electrons. The molecular formula is C28H35FN2O. The molecule has 1 aromatic heterocycles. The molecule has 0 unspecified atom stereocenters. The summed E-state index contributed by atoms with van der Waals surface area (Å²) in [6.07, 6.45) is 2.00. The molecule has 3 nitrogen and oxygen atoms in total. The van der Waals surface area contributed by atoms with Crippen LogP contribution in [0.5, 0.6) is 5.75 Å². The number of rotatable bonds is 9. The molecule has 0 N–H and O–H groups in total. The second-order valence-electron chi connectivity index (χ2n) is 8.69. The van der Waals surface area contributed by atoms with Gasteiger partial charge in [0.2, 0.25) is 0 Å². The monoisotopic (exact) mass is 434 g/mol. The summed E-state index contributed by atoms with van der Waals surface area (Å²) in [6, 6.07) is 15.3. The largest absolute Gasteiger partial charge is 0.491 e. The second kappa shape index (κ2) is 10.7. The summed E-state index contributed by atoms with van der Waals surface area (Å²) < 4.78 is 19.5. The summed E-state index contributed by atoms with van der Waals surface area (Å²) in [4.78, 5) is 7.25. The van der Waals surface area contributed by atoms with Crippen molar-refractivity contribution in [2.24, 2.45) is 0 Å². The van der Waals surface area contributed by atoms with Crippen molar-refractivity contribution in [2.45, 2.75) is 66.7 Å². The van der Waals surface area contributed by atoms with Gasteiger partial charge in [0.05, 0.1) is 11.8 Å². The first kappa shape index (κ1) is 23.9. The number of hydrogen-bond donors (Lipinski definition) is 0. The van der Waals surface area contributed by atoms with E-state index in [2.05, 4.69) is 70.8 Å². The van der Waals surface area contributed by atoms with E-state index < -0.39 is 0 Å². The van der Waals surface area contributed by atoms with Gasteiger partial charge in [0.15, 0.2) is 0 Å². The number of hydrogen-bond acceptors (Lipinski definition) is 3. The smallest absolute Gasteiger partial charge is 0.128 e. The number of nitrogens with zero attached hydrogens (tertiary/aromatic N) is 2. The summed E-state index contributed by atoms with van der Waals surface area (Å²) >= 11 is 0. The molecule has 0 saturated carbocycles. The first-order valence-electron chi connectivity index (χ1n) is 11.5. The summed E-state index contributed by atoms with van der Waals surface area (Å²) in [5, 5.41) is 0. The second-order valence-corrected chi connectivity index (χ2v) is 8.69. The quantitative estimate of drug-likeness (QED) is 0.373. The molecule has 0 aliphatic carbocycles. The minimum Gasteiger partial charge on any atom is -0.491 e. The topological polar surface area (TPSA) is 25.4 Å². The Morgan fingerprint density at radius 1 is 0.969 bits per heavy atom. The minimum absolute atomic E-state index is 0.0675. The SMILES string of the molecule is CCc1cccc(CC)c1-c1cc(OC(C)C)c(CN(C)Cc2ccc(F)cc2)c(C)n1. The molecule has 0 amide bonds. The molecule has 0 radical (unpaired) electrons. The highest BCUT2D eigenvalue weighted by Gasteiger charge is 2.18. The standard InChI is InChI=1S/C28H35FN2O/c1-7-22-10-9-11-23(8-2)28(22)26-16-27(32-19(3)4)25(20(5)30-26)18-31(6)17-21-12-14-24(29)15-13-21/h9-16,19H,7-8,17-18H2,1-6H3. The average molecular weight is 435 g/mol. The molecule has 32 heavy (non-hydrogen) atoms. The van der Waals surface area contributed by atoms with Crippen LogP contribution in [0.15, 0.2) is 48.5 Å². The first-order chi connectivity index (χ1) is 15.3. The molecular weight excluding hydrogens is 399 g/mol. The Labute approximate surface area is 192 Å². The van der Waals surface area contributed by atoms with E-state index >= 15 is 0 Å². The van der Waals surface area contributed by atoms with E-state index in [1.54, 1.807) is 0 Å². The van der Waals surface area contributed by atoms with Gasteiger partial charge in [-0.25, -0.2) is 4.39 Å². The molecule has 0 aliphatic rings. The van der Waals surface area contributed by atoms with Crippen LogP contribution in [0.2, 0.25) is 0 Å². The maximum Gasteiger partial charge on any atom is 0.128 e. The van der Waals surface area contributed by atoms with E-state index in [9.17, 15) is 4.39 Å². The van der Waals surface area contributed by atoms with E-state index in [0.29, 0.717) is 6.54 Å². The third-order valence-electron chi connectivity index (χ3n) is 5.70. The number of ether oxygens (including phenoxy) is 1. The zero-order valence-electron chi connectivity index (χ0n) is 20.2. The van der Waals surface area contributed by atoms with Crippen LogP contribution in [0.3, 0.4) is 0 Å². The highest BCUT2D eigenvalue weighted by atomic mass is 19.1. The molecule has 0 atom stereocenters. The third kappa shape index (κ3) is 5.74. The van der Waals surface area contributed by atoms with Crippen molar-refractivity contribution < 1.29 is 9.13 Å². The van der Waals surface area contributed by atoms with Gasteiger partial charge in [-0.15, -0.1) is 0 Å². The molecule has 3 rings (SSSR count). The van der Waals surface area contributed by atoms with Crippen LogP contribution < -0.4 is 4.74 Å². The van der Waals surface area contributed by atoms with Crippen molar-refractivity contribution in [1.82, 2.24) is 9.88 Å². The predicted molar refractivity (Wildman–Crippen MR) is 131 cm³/mol. The molecule has 0 saturated heterocycles. The number of benzene rings is 2. The number of aromatic nitrogens is 1. The number of pyridine rings is 1. The van der Waals surface area contributed by atoms with Crippen LogP contribution in [0.25, 0.3) is 11.3 Å². The van der Waals surface area contributed by atoms with Gasteiger partial charge in [0.25, 0.3) is 0 Å². The normalized spacial score (nSPS) is 11.4. The van der Waals surface area contributed by atoms with Crippen molar-refractivity contribution in [3.63, 3.8) is 0 Å². The van der Waals surface area contributed by atoms with Crippen LogP contribution in [-0.2, 0) is 25.9 Å². The van der Waals surface area contributed by atoms with Gasteiger partial charge in [-0.1, -0.05) is 44.2 Å². The number of halogens is 1. The van der Waals surface area contributed by atoms with Gasteiger partial charge in [-0.3, -0.25) is 9.88 Å². The zero-order chi connectivity index (χ0) is 23.3. The lowest BCUT2D eigenvalue weighted by Gasteiger charge is -2.23. The fraction of sp³-hybridized carbons (Fsp3) is 0.393. The first-order valence-corrected chi connectivity index (χ1v) is 11.5. The molecule has 1 heterocycles. The molecule has 4 heteroatoms. The van der Waals surface area contributed by atoms with Crippen LogP contribution >= 0.6 is 0 Å². The van der Waals surface area contributed by atoms with Gasteiger partial charge >= 0.3 is 0 Å². The Morgan fingerprint density at radius 2 is 1.59 bits per heavy atom. The Kier molecular flexibility index (Phi) is 8.03. The molecule has 0 fully saturated rings. The molecule has 0 bridgehead atoms. The van der Waals surface area contributed by atoms with E-state index in [-0.39, 0.29) is 11.9 Å². The Bertz CT molecular complexity index is 1020. The predicted octanol–water partition coefficient (Wildman–Crippen LogP) is 6.74. The van der Waals surface area contributed by atoms with E-state index in [4.69, 9.17) is 9.72 Å². The van der Waals surface area contributed by atoms with Gasteiger partial charge in [0, 0.05) is 36.0 Å². The van der Waals surface area contributed by atoms with Gasteiger partial charge in [-0.2, -0.15) is 0 Å². The Hall–Kier alpha value is -2.72. The Balaban J connectivity index is 1.98. The lowest BCUT2D eigenvalue weighted by Crippen LogP contribution is -2.20. The van der Waals surface area contributed by atoms with Crippen LogP contribution in [0, 0.1) is 12.7 Å². The zero-order valence-corrected chi connectivity index (χ0v) is 20.2. The maximum absolute atomic E-state index is 13.2. The molecule has 3 aromatic rings. The fourth-order valence-electron chi connectivity index (χ4n) is 4.15. The average Bonchev–Trinajstić information content (AvgIpc) is 2.76. The number of aryl methyl sites for hydroxylation is 3. The van der Waals surface area contributed by atoms with Crippen molar-refractivity contribution >= 4 is 0 Å². The van der Waals surface area contributed by atoms with Crippen molar-refractivity contribution in [3.8, 4) is 17.0 Å². The van der Waals surface area contributed by atoms with Crippen molar-refractivity contribution in [3.05, 3.63) is 82.3 Å². The van der Waals surface area contributed by atoms with Crippen molar-refractivity contribution in [2.75, 3.05) is 7.05 Å². The third-order valence-corrected chi connectivity index (χ3v) is 5.70. The highest BCUT2D eigenvalue weighted by molar-refractivity contribution is 5.70. The molecule has 2 aromatic carbocycles. The highest BCUT2D eigenvalue weighted by Crippen LogP contribution is 2.34. The fourth-order valence-corrected chi connectivity index (χ4v) is 4.15. The van der Waals surface area contributed by atoms with Crippen LogP contribution in [-0.4, -0.2) is 23.0 Å². The summed E-state index contributed by atoms with van der Waals surface area (Å²) in [5.41, 5.74) is 8.00. The van der Waals surface area contributed by atoms with Gasteiger partial charge in [-0.05, 0) is 69.5 Å². The summed E-state index contributed by atoms with van der Waals surface area (Å²) in [6.45, 7) is 12.0. The maximum atomic E-state index is 13.2.